The average molecular weight is 435 g/mol. The minimum absolute atomic E-state index is 0.0373. The largest absolute Gasteiger partial charge is 0.382 e. The van der Waals surface area contributed by atoms with Gasteiger partial charge in [0.1, 0.15) is 5.69 Å². The molecule has 0 bridgehead atoms. The highest BCUT2D eigenvalue weighted by atomic mass is 16.2. The lowest BCUT2D eigenvalue weighted by Gasteiger charge is -2.23. The molecular weight excluding hydrogens is 408 g/mol. The first-order valence-corrected chi connectivity index (χ1v) is 10.5. The number of carbonyl (C=O) groups is 2. The van der Waals surface area contributed by atoms with Crippen LogP contribution in [0.4, 0.5) is 11.5 Å². The van der Waals surface area contributed by atoms with Gasteiger partial charge in [0.25, 0.3) is 11.8 Å². The number of aromatic nitrogens is 4. The van der Waals surface area contributed by atoms with Gasteiger partial charge in [0, 0.05) is 30.9 Å². The number of carbonyl (C=O) groups excluding carboxylic acids is 2. The lowest BCUT2D eigenvalue weighted by atomic mass is 10.1. The third-order valence-electron chi connectivity index (χ3n) is 5.30. The van der Waals surface area contributed by atoms with E-state index in [1.165, 1.54) is 10.9 Å². The standard InChI is InChI=1S/C22H26N8O2/c1-13-9-18(30(2)29-13)21(31)26-15-6-3-5-14(10-15)17-12-25-20(23)19(28-17)22(32)27-16-7-4-8-24-11-16/h3,5-6,9-10,12,16,24H,4,7-8,11H2,1-2H3,(H2,23,25)(H,26,31)(H,27,32)/t16-/m0/s1. The predicted octanol–water partition coefficient (Wildman–Crippen LogP) is 1.50. The maximum atomic E-state index is 12.7. The van der Waals surface area contributed by atoms with Crippen LogP contribution in [0, 0.1) is 6.92 Å². The van der Waals surface area contributed by atoms with Crippen LogP contribution in [0.25, 0.3) is 11.3 Å². The van der Waals surface area contributed by atoms with Crippen LogP contribution in [-0.2, 0) is 7.05 Å². The van der Waals surface area contributed by atoms with Gasteiger partial charge >= 0.3 is 0 Å². The third kappa shape index (κ3) is 4.75. The Balaban J connectivity index is 1.53. The first-order valence-electron chi connectivity index (χ1n) is 10.5. The number of nitrogens with one attached hydrogen (secondary N) is 3. The third-order valence-corrected chi connectivity index (χ3v) is 5.30. The Kier molecular flexibility index (Phi) is 6.13. The summed E-state index contributed by atoms with van der Waals surface area (Å²) in [6.07, 6.45) is 3.42. The molecule has 1 atom stereocenters. The molecule has 5 N–H and O–H groups in total. The van der Waals surface area contributed by atoms with Crippen LogP contribution in [-0.4, -0.2) is 50.7 Å². The molecule has 1 aromatic carbocycles. The zero-order valence-electron chi connectivity index (χ0n) is 18.1. The van der Waals surface area contributed by atoms with E-state index in [4.69, 9.17) is 5.73 Å². The first kappa shape index (κ1) is 21.4. The highest BCUT2D eigenvalue weighted by Crippen LogP contribution is 2.22. The fourth-order valence-electron chi connectivity index (χ4n) is 3.71. The van der Waals surface area contributed by atoms with Crippen molar-refractivity contribution in [2.24, 2.45) is 7.05 Å². The van der Waals surface area contributed by atoms with Gasteiger partial charge in [-0.15, -0.1) is 0 Å². The lowest BCUT2D eigenvalue weighted by molar-refractivity contribution is 0.0925. The maximum Gasteiger partial charge on any atom is 0.274 e. The van der Waals surface area contributed by atoms with Gasteiger partial charge in [-0.1, -0.05) is 12.1 Å². The molecule has 4 rings (SSSR count). The van der Waals surface area contributed by atoms with Gasteiger partial charge in [-0.3, -0.25) is 14.3 Å². The summed E-state index contributed by atoms with van der Waals surface area (Å²) < 4.78 is 1.53. The molecular formula is C22H26N8O2. The molecule has 0 saturated carbocycles. The molecule has 3 heterocycles. The summed E-state index contributed by atoms with van der Waals surface area (Å²) in [7, 11) is 1.72. The molecule has 166 valence electrons. The topological polar surface area (TPSA) is 140 Å². The van der Waals surface area contributed by atoms with Crippen molar-refractivity contribution < 1.29 is 9.59 Å². The van der Waals surface area contributed by atoms with Crippen molar-refractivity contribution in [1.29, 1.82) is 0 Å². The molecule has 2 aromatic heterocycles. The van der Waals surface area contributed by atoms with Gasteiger partial charge in [0.2, 0.25) is 0 Å². The van der Waals surface area contributed by atoms with Crippen molar-refractivity contribution in [2.75, 3.05) is 24.1 Å². The Hall–Kier alpha value is -3.79. The SMILES string of the molecule is Cc1cc(C(=O)Nc2cccc(-c3cnc(N)c(C(=O)N[C@H]4CCCNC4)n3)c2)n(C)n1. The molecule has 1 saturated heterocycles. The summed E-state index contributed by atoms with van der Waals surface area (Å²) in [5.41, 5.74) is 9.01. The smallest absolute Gasteiger partial charge is 0.274 e. The zero-order valence-corrected chi connectivity index (χ0v) is 18.1. The van der Waals surface area contributed by atoms with E-state index in [2.05, 4.69) is 31.0 Å². The molecule has 2 amide bonds. The van der Waals surface area contributed by atoms with Crippen molar-refractivity contribution in [2.45, 2.75) is 25.8 Å². The van der Waals surface area contributed by atoms with Crippen molar-refractivity contribution in [3.05, 3.63) is 53.6 Å². The van der Waals surface area contributed by atoms with Crippen LogP contribution in [0.2, 0.25) is 0 Å². The van der Waals surface area contributed by atoms with E-state index in [9.17, 15) is 9.59 Å². The number of piperidine rings is 1. The second-order valence-electron chi connectivity index (χ2n) is 7.84. The molecule has 32 heavy (non-hydrogen) atoms. The number of amides is 2. The normalized spacial score (nSPS) is 15.9. The van der Waals surface area contributed by atoms with Gasteiger partial charge in [-0.25, -0.2) is 9.97 Å². The van der Waals surface area contributed by atoms with Gasteiger partial charge in [0.05, 0.1) is 17.6 Å². The molecule has 1 aliphatic heterocycles. The number of hydrogen-bond acceptors (Lipinski definition) is 7. The summed E-state index contributed by atoms with van der Waals surface area (Å²) in [6.45, 7) is 3.50. The number of nitrogens with zero attached hydrogens (tertiary/aromatic N) is 4. The van der Waals surface area contributed by atoms with Gasteiger partial charge in [-0.05, 0) is 44.5 Å². The second-order valence-corrected chi connectivity index (χ2v) is 7.84. The van der Waals surface area contributed by atoms with Crippen LogP contribution in [0.15, 0.2) is 36.5 Å². The number of rotatable bonds is 5. The Labute approximate surface area is 185 Å². The quantitative estimate of drug-likeness (QED) is 0.477. The number of anilines is 2. The van der Waals surface area contributed by atoms with E-state index < -0.39 is 0 Å². The van der Waals surface area contributed by atoms with E-state index in [1.807, 2.05) is 13.0 Å². The molecule has 0 aliphatic carbocycles. The van der Waals surface area contributed by atoms with Crippen molar-refractivity contribution in [3.8, 4) is 11.3 Å². The monoisotopic (exact) mass is 434 g/mol. The number of benzene rings is 1. The van der Waals surface area contributed by atoms with E-state index in [0.717, 1.165) is 31.6 Å². The van der Waals surface area contributed by atoms with Crippen LogP contribution in [0.5, 0.6) is 0 Å². The molecule has 10 heteroatoms. The summed E-state index contributed by atoms with van der Waals surface area (Å²) in [4.78, 5) is 34.0. The molecule has 3 aromatic rings. The number of aryl methyl sites for hydroxylation is 2. The average Bonchev–Trinajstić information content (AvgIpc) is 3.13. The predicted molar refractivity (Wildman–Crippen MR) is 121 cm³/mol. The van der Waals surface area contributed by atoms with Crippen molar-refractivity contribution in [3.63, 3.8) is 0 Å². The van der Waals surface area contributed by atoms with E-state index in [0.29, 0.717) is 22.6 Å². The number of nitrogens with two attached hydrogens (primary N) is 1. The molecule has 10 nitrogen and oxygen atoms in total. The fourth-order valence-corrected chi connectivity index (χ4v) is 3.71. The van der Waals surface area contributed by atoms with Crippen LogP contribution in [0.1, 0.15) is 39.5 Å². The lowest BCUT2D eigenvalue weighted by Crippen LogP contribution is -2.46. The van der Waals surface area contributed by atoms with E-state index >= 15 is 0 Å². The Morgan fingerprint density at radius 2 is 2.09 bits per heavy atom. The summed E-state index contributed by atoms with van der Waals surface area (Å²) >= 11 is 0. The van der Waals surface area contributed by atoms with Gasteiger partial charge < -0.3 is 21.7 Å². The zero-order chi connectivity index (χ0) is 22.7. The number of hydrogen-bond donors (Lipinski definition) is 4. The summed E-state index contributed by atoms with van der Waals surface area (Å²) in [5, 5.41) is 13.3. The Bertz CT molecular complexity index is 1150. The van der Waals surface area contributed by atoms with Crippen LogP contribution >= 0.6 is 0 Å². The second kappa shape index (κ2) is 9.15. The maximum absolute atomic E-state index is 12.7. The van der Waals surface area contributed by atoms with Crippen molar-refractivity contribution in [1.82, 2.24) is 30.4 Å². The summed E-state index contributed by atoms with van der Waals surface area (Å²) in [6, 6.07) is 8.93. The molecule has 1 fully saturated rings. The Morgan fingerprint density at radius 1 is 1.25 bits per heavy atom. The highest BCUT2D eigenvalue weighted by molar-refractivity contribution is 6.03. The van der Waals surface area contributed by atoms with E-state index in [1.54, 1.807) is 31.3 Å². The summed E-state index contributed by atoms with van der Waals surface area (Å²) in [5.74, 6) is -0.539. The molecule has 1 aliphatic rings. The molecule has 0 unspecified atom stereocenters. The minimum Gasteiger partial charge on any atom is -0.382 e. The first-order chi connectivity index (χ1) is 15.4. The molecule has 0 radical (unpaired) electrons. The van der Waals surface area contributed by atoms with E-state index in [-0.39, 0.29) is 29.4 Å². The minimum atomic E-state index is -0.346. The van der Waals surface area contributed by atoms with Gasteiger partial charge in [0.15, 0.2) is 11.5 Å². The van der Waals surface area contributed by atoms with Crippen molar-refractivity contribution >= 4 is 23.3 Å². The van der Waals surface area contributed by atoms with Crippen LogP contribution in [0.3, 0.4) is 0 Å². The number of nitrogen functional groups attached to an aromatic ring is 1. The highest BCUT2D eigenvalue weighted by Gasteiger charge is 2.20. The van der Waals surface area contributed by atoms with Gasteiger partial charge in [-0.2, -0.15) is 5.10 Å². The van der Waals surface area contributed by atoms with Crippen LogP contribution < -0.4 is 21.7 Å². The Morgan fingerprint density at radius 3 is 2.81 bits per heavy atom. The fraction of sp³-hybridized carbons (Fsp3) is 0.318. The molecule has 0 spiro atoms.